The summed E-state index contributed by atoms with van der Waals surface area (Å²) in [4.78, 5) is 10.5. The molecule has 0 aliphatic heterocycles. The Hall–Kier alpha value is -1.68. The van der Waals surface area contributed by atoms with E-state index in [4.69, 9.17) is 21.4 Å². The van der Waals surface area contributed by atoms with Gasteiger partial charge in [-0.2, -0.15) is 0 Å². The zero-order chi connectivity index (χ0) is 15.4. The highest BCUT2D eigenvalue weighted by molar-refractivity contribution is 6.37. The van der Waals surface area contributed by atoms with Crippen LogP contribution in [0.15, 0.2) is 18.3 Å². The van der Waals surface area contributed by atoms with Gasteiger partial charge in [0.1, 0.15) is 5.75 Å². The van der Waals surface area contributed by atoms with E-state index in [0.29, 0.717) is 17.2 Å². The van der Waals surface area contributed by atoms with E-state index in [1.54, 1.807) is 7.11 Å². The Balaban J connectivity index is 2.28. The summed E-state index contributed by atoms with van der Waals surface area (Å²) >= 11 is 6.41. The number of carboxylic acid groups (broad SMARTS) is 1. The number of aromatic nitrogens is 1. The number of halogens is 1. The monoisotopic (exact) mass is 308 g/mol. The third-order valence-corrected chi connectivity index (χ3v) is 3.92. The molecule has 1 N–H and O–H groups in total. The van der Waals surface area contributed by atoms with Gasteiger partial charge in [-0.05, 0) is 37.0 Å². The molecule has 0 saturated heterocycles. The molecule has 2 rings (SSSR count). The third kappa shape index (κ3) is 3.32. The van der Waals surface area contributed by atoms with Gasteiger partial charge in [0.2, 0.25) is 0 Å². The van der Waals surface area contributed by atoms with Crippen molar-refractivity contribution in [2.75, 3.05) is 7.11 Å². The second-order valence-electron chi connectivity index (χ2n) is 4.89. The smallest absolute Gasteiger partial charge is 0.303 e. The number of ether oxygens (including phenoxy) is 1. The molecule has 113 valence electrons. The van der Waals surface area contributed by atoms with E-state index in [2.05, 4.69) is 10.8 Å². The van der Waals surface area contributed by atoms with E-state index in [9.17, 15) is 4.79 Å². The van der Waals surface area contributed by atoms with Gasteiger partial charge in [0.25, 0.3) is 0 Å². The molecular weight excluding hydrogens is 290 g/mol. The Morgan fingerprint density at radius 1 is 1.43 bits per heavy atom. The number of carbonyl (C=O) groups is 1. The Kier molecular flexibility index (Phi) is 5.12. The molecule has 0 bridgehead atoms. The maximum absolute atomic E-state index is 10.5. The first-order valence-corrected chi connectivity index (χ1v) is 7.32. The quantitative estimate of drug-likeness (QED) is 0.782. The van der Waals surface area contributed by atoms with E-state index in [0.717, 1.165) is 29.4 Å². The normalized spacial score (nSPS) is 11.0. The van der Waals surface area contributed by atoms with E-state index >= 15 is 0 Å². The Morgan fingerprint density at radius 2 is 2.19 bits per heavy atom. The van der Waals surface area contributed by atoms with Crippen LogP contribution < -0.4 is 4.74 Å². The Morgan fingerprint density at radius 3 is 2.81 bits per heavy atom. The lowest BCUT2D eigenvalue weighted by Gasteiger charge is -2.07. The van der Waals surface area contributed by atoms with Crippen molar-refractivity contribution in [1.29, 1.82) is 0 Å². The fourth-order valence-electron chi connectivity index (χ4n) is 2.48. The summed E-state index contributed by atoms with van der Waals surface area (Å²) in [5, 5.41) is 10.3. The SMILES string of the molecule is C[CH]c1cn(CCCCC(=O)O)c2ccc(OC)c(Cl)c12. The summed E-state index contributed by atoms with van der Waals surface area (Å²) in [6.07, 6.45) is 5.77. The van der Waals surface area contributed by atoms with Crippen LogP contribution >= 0.6 is 11.6 Å². The summed E-state index contributed by atoms with van der Waals surface area (Å²) in [7, 11) is 1.60. The van der Waals surface area contributed by atoms with Gasteiger partial charge in [-0.1, -0.05) is 18.5 Å². The van der Waals surface area contributed by atoms with Crippen LogP contribution in [0.25, 0.3) is 10.9 Å². The fraction of sp³-hybridized carbons (Fsp3) is 0.375. The molecule has 1 aromatic carbocycles. The third-order valence-electron chi connectivity index (χ3n) is 3.55. The molecule has 0 spiro atoms. The van der Waals surface area contributed by atoms with Crippen LogP contribution in [0.2, 0.25) is 5.02 Å². The maximum Gasteiger partial charge on any atom is 0.303 e. The van der Waals surface area contributed by atoms with Gasteiger partial charge in [0, 0.05) is 24.5 Å². The molecule has 0 aliphatic rings. The molecule has 0 amide bonds. The molecule has 0 saturated carbocycles. The van der Waals surface area contributed by atoms with Gasteiger partial charge in [0.05, 0.1) is 17.6 Å². The summed E-state index contributed by atoms with van der Waals surface area (Å²) in [6.45, 7) is 2.75. The van der Waals surface area contributed by atoms with Gasteiger partial charge in [-0.15, -0.1) is 0 Å². The van der Waals surface area contributed by atoms with Gasteiger partial charge in [0.15, 0.2) is 0 Å². The van der Waals surface area contributed by atoms with E-state index < -0.39 is 5.97 Å². The number of aliphatic carboxylic acids is 1. The van der Waals surface area contributed by atoms with Crippen molar-refractivity contribution in [3.8, 4) is 5.75 Å². The van der Waals surface area contributed by atoms with Crippen molar-refractivity contribution in [1.82, 2.24) is 4.57 Å². The number of nitrogens with zero attached hydrogens (tertiary/aromatic N) is 1. The average Bonchev–Trinajstić information content (AvgIpc) is 2.83. The molecule has 2 aromatic rings. The van der Waals surface area contributed by atoms with Crippen molar-refractivity contribution >= 4 is 28.5 Å². The first-order valence-electron chi connectivity index (χ1n) is 6.95. The highest BCUT2D eigenvalue weighted by Crippen LogP contribution is 2.36. The number of unbranched alkanes of at least 4 members (excludes halogenated alkanes) is 1. The molecule has 0 unspecified atom stereocenters. The van der Waals surface area contributed by atoms with E-state index in [-0.39, 0.29) is 6.42 Å². The van der Waals surface area contributed by atoms with Gasteiger partial charge in [-0.3, -0.25) is 4.79 Å². The molecule has 0 aliphatic carbocycles. The number of rotatable bonds is 7. The average molecular weight is 309 g/mol. The molecule has 4 nitrogen and oxygen atoms in total. The largest absolute Gasteiger partial charge is 0.495 e. The van der Waals surface area contributed by atoms with E-state index in [1.165, 1.54) is 0 Å². The number of benzene rings is 1. The van der Waals surface area contributed by atoms with Crippen LogP contribution in [0.3, 0.4) is 0 Å². The number of aryl methyl sites for hydroxylation is 1. The number of fused-ring (bicyclic) bond motifs is 1. The summed E-state index contributed by atoms with van der Waals surface area (Å²) < 4.78 is 7.39. The standard InChI is InChI=1S/C16H19ClNO3/c1-3-11-10-18(9-5-4-6-14(19)20)12-7-8-13(21-2)16(17)15(11)12/h3,7-8,10H,4-6,9H2,1-2H3,(H,19,20). The molecule has 1 radical (unpaired) electrons. The Labute approximate surface area is 129 Å². The van der Waals surface area contributed by atoms with Crippen LogP contribution in [-0.2, 0) is 11.3 Å². The number of hydrogen-bond donors (Lipinski definition) is 1. The van der Waals surface area contributed by atoms with Crippen molar-refractivity contribution in [2.45, 2.75) is 32.7 Å². The van der Waals surface area contributed by atoms with E-state index in [1.807, 2.05) is 25.5 Å². The maximum atomic E-state index is 10.5. The Bertz CT molecular complexity index is 648. The molecule has 5 heteroatoms. The topological polar surface area (TPSA) is 51.5 Å². The molecule has 1 heterocycles. The number of methoxy groups -OCH3 is 1. The number of carboxylic acids is 1. The second kappa shape index (κ2) is 6.85. The number of hydrogen-bond acceptors (Lipinski definition) is 2. The van der Waals surface area contributed by atoms with Crippen LogP contribution in [0.4, 0.5) is 0 Å². The minimum Gasteiger partial charge on any atom is -0.495 e. The van der Waals surface area contributed by atoms with Crippen molar-refractivity contribution < 1.29 is 14.6 Å². The summed E-state index contributed by atoms with van der Waals surface area (Å²) in [6, 6.07) is 3.85. The molecule has 1 aromatic heterocycles. The first kappa shape index (κ1) is 15.7. The lowest BCUT2D eigenvalue weighted by molar-refractivity contribution is -0.137. The van der Waals surface area contributed by atoms with Crippen molar-refractivity contribution in [3.63, 3.8) is 0 Å². The van der Waals surface area contributed by atoms with Crippen LogP contribution in [0, 0.1) is 6.42 Å². The zero-order valence-electron chi connectivity index (χ0n) is 12.2. The minimum absolute atomic E-state index is 0.209. The molecule has 0 fully saturated rings. The first-order chi connectivity index (χ1) is 10.1. The zero-order valence-corrected chi connectivity index (χ0v) is 13.0. The van der Waals surface area contributed by atoms with Gasteiger partial charge < -0.3 is 14.4 Å². The van der Waals surface area contributed by atoms with Crippen molar-refractivity contribution in [2.24, 2.45) is 0 Å². The summed E-state index contributed by atoms with van der Waals surface area (Å²) in [5.74, 6) is -0.0846. The second-order valence-corrected chi connectivity index (χ2v) is 5.27. The molecule has 21 heavy (non-hydrogen) atoms. The minimum atomic E-state index is -0.747. The molecular formula is C16H19ClNO3. The fourth-order valence-corrected chi connectivity index (χ4v) is 2.83. The highest BCUT2D eigenvalue weighted by atomic mass is 35.5. The van der Waals surface area contributed by atoms with Crippen LogP contribution in [0.1, 0.15) is 31.7 Å². The van der Waals surface area contributed by atoms with Gasteiger partial charge >= 0.3 is 5.97 Å². The van der Waals surface area contributed by atoms with Crippen LogP contribution in [-0.4, -0.2) is 22.8 Å². The van der Waals surface area contributed by atoms with Crippen LogP contribution in [0.5, 0.6) is 5.75 Å². The van der Waals surface area contributed by atoms with Gasteiger partial charge in [-0.25, -0.2) is 0 Å². The molecule has 0 atom stereocenters. The highest BCUT2D eigenvalue weighted by Gasteiger charge is 2.14. The lowest BCUT2D eigenvalue weighted by Crippen LogP contribution is -1.99. The predicted octanol–water partition coefficient (Wildman–Crippen LogP) is 4.13. The predicted molar refractivity (Wildman–Crippen MR) is 84.1 cm³/mol. The lowest BCUT2D eigenvalue weighted by atomic mass is 10.1. The van der Waals surface area contributed by atoms with Crippen molar-refractivity contribution in [3.05, 3.63) is 35.3 Å². The summed E-state index contributed by atoms with van der Waals surface area (Å²) in [5.41, 5.74) is 2.11.